The second kappa shape index (κ2) is 6.60. The predicted octanol–water partition coefficient (Wildman–Crippen LogP) is 3.56. The molecule has 0 unspecified atom stereocenters. The van der Waals surface area contributed by atoms with Crippen LogP contribution in [0, 0.1) is 27.7 Å². The molecule has 0 saturated carbocycles. The molecule has 0 fully saturated rings. The van der Waals surface area contributed by atoms with E-state index in [0.717, 1.165) is 33.8 Å². The van der Waals surface area contributed by atoms with Crippen molar-refractivity contribution in [3.05, 3.63) is 58.9 Å². The van der Waals surface area contributed by atoms with Crippen molar-refractivity contribution < 1.29 is 9.53 Å². The van der Waals surface area contributed by atoms with Gasteiger partial charge in [-0.25, -0.2) is 4.68 Å². The molecule has 0 radical (unpaired) electrons. The van der Waals surface area contributed by atoms with Gasteiger partial charge in [-0.15, -0.1) is 6.58 Å². The minimum Gasteiger partial charge on any atom is -0.483 e. The van der Waals surface area contributed by atoms with Crippen LogP contribution in [0.5, 0.6) is 5.75 Å². The molecule has 1 heterocycles. The first kappa shape index (κ1) is 16.0. The maximum atomic E-state index is 12.4. The summed E-state index contributed by atoms with van der Waals surface area (Å²) in [5.74, 6) is 0.599. The highest BCUT2D eigenvalue weighted by molar-refractivity contribution is 5.80. The molecule has 1 aromatic heterocycles. The Morgan fingerprint density at radius 1 is 1.27 bits per heavy atom. The van der Waals surface area contributed by atoms with Crippen LogP contribution in [-0.2, 0) is 6.42 Å². The maximum absolute atomic E-state index is 12.4. The number of hydrogen-bond acceptors (Lipinski definition) is 3. The smallest absolute Gasteiger partial charge is 0.284 e. The number of para-hydroxylation sites is 1. The fraction of sp³-hybridized carbons (Fsp3) is 0.333. The molecule has 22 heavy (non-hydrogen) atoms. The topological polar surface area (TPSA) is 44.1 Å². The molecule has 0 atom stereocenters. The van der Waals surface area contributed by atoms with Crippen molar-refractivity contribution in [3.8, 4) is 5.75 Å². The lowest BCUT2D eigenvalue weighted by Crippen LogP contribution is -2.22. The van der Waals surface area contributed by atoms with E-state index in [9.17, 15) is 4.79 Å². The highest BCUT2D eigenvalue weighted by Gasteiger charge is 2.16. The molecule has 0 aliphatic heterocycles. The van der Waals surface area contributed by atoms with Gasteiger partial charge in [-0.2, -0.15) is 5.10 Å². The average molecular weight is 298 g/mol. The molecule has 4 nitrogen and oxygen atoms in total. The van der Waals surface area contributed by atoms with Crippen LogP contribution in [0.4, 0.5) is 0 Å². The van der Waals surface area contributed by atoms with Crippen molar-refractivity contribution in [2.45, 2.75) is 34.1 Å². The number of nitrogens with zero attached hydrogens (tertiary/aromatic N) is 2. The minimum absolute atomic E-state index is 0.0266. The maximum Gasteiger partial charge on any atom is 0.284 e. The Morgan fingerprint density at radius 3 is 2.50 bits per heavy atom. The summed E-state index contributed by atoms with van der Waals surface area (Å²) in [5, 5.41) is 4.33. The van der Waals surface area contributed by atoms with E-state index in [1.807, 2.05) is 52.0 Å². The van der Waals surface area contributed by atoms with Crippen LogP contribution in [-0.4, -0.2) is 22.3 Å². The summed E-state index contributed by atoms with van der Waals surface area (Å²) in [7, 11) is 0. The van der Waals surface area contributed by atoms with Crippen LogP contribution < -0.4 is 4.74 Å². The quantitative estimate of drug-likeness (QED) is 0.793. The third-order valence-corrected chi connectivity index (χ3v) is 3.77. The van der Waals surface area contributed by atoms with E-state index >= 15 is 0 Å². The molecule has 0 saturated heterocycles. The van der Waals surface area contributed by atoms with E-state index in [-0.39, 0.29) is 12.5 Å². The molecule has 2 aromatic rings. The average Bonchev–Trinajstić information content (AvgIpc) is 2.75. The Morgan fingerprint density at radius 2 is 1.91 bits per heavy atom. The van der Waals surface area contributed by atoms with Crippen LogP contribution in [0.2, 0.25) is 0 Å². The summed E-state index contributed by atoms with van der Waals surface area (Å²) in [6.07, 6.45) is 2.53. The van der Waals surface area contributed by atoms with Crippen molar-refractivity contribution in [1.82, 2.24) is 9.78 Å². The van der Waals surface area contributed by atoms with Crippen LogP contribution in [0.3, 0.4) is 0 Å². The van der Waals surface area contributed by atoms with Crippen molar-refractivity contribution in [1.29, 1.82) is 0 Å². The van der Waals surface area contributed by atoms with Crippen molar-refractivity contribution >= 4 is 5.91 Å². The number of hydrogen-bond donors (Lipinski definition) is 0. The van der Waals surface area contributed by atoms with Gasteiger partial charge in [0.25, 0.3) is 5.91 Å². The summed E-state index contributed by atoms with van der Waals surface area (Å²) in [4.78, 5) is 12.4. The zero-order chi connectivity index (χ0) is 16.3. The number of carbonyl (C=O) groups is 1. The summed E-state index contributed by atoms with van der Waals surface area (Å²) in [6, 6.07) is 5.92. The van der Waals surface area contributed by atoms with Gasteiger partial charge in [-0.05, 0) is 45.2 Å². The zero-order valence-electron chi connectivity index (χ0n) is 13.6. The number of ether oxygens (including phenoxy) is 1. The predicted molar refractivity (Wildman–Crippen MR) is 87.6 cm³/mol. The van der Waals surface area contributed by atoms with Crippen molar-refractivity contribution in [2.24, 2.45) is 0 Å². The van der Waals surface area contributed by atoms with Crippen LogP contribution >= 0.6 is 0 Å². The molecule has 0 N–H and O–H groups in total. The molecule has 116 valence electrons. The normalized spacial score (nSPS) is 10.5. The first-order valence-electron chi connectivity index (χ1n) is 7.34. The van der Waals surface area contributed by atoms with E-state index in [0.29, 0.717) is 6.42 Å². The second-order valence-corrected chi connectivity index (χ2v) is 5.46. The lowest BCUT2D eigenvalue weighted by atomic mass is 10.1. The van der Waals surface area contributed by atoms with Gasteiger partial charge in [0.2, 0.25) is 0 Å². The summed E-state index contributed by atoms with van der Waals surface area (Å²) in [5.41, 5.74) is 4.81. The Bertz CT molecular complexity index is 694. The van der Waals surface area contributed by atoms with Crippen molar-refractivity contribution in [3.63, 3.8) is 0 Å². The highest BCUT2D eigenvalue weighted by atomic mass is 16.5. The fourth-order valence-corrected chi connectivity index (χ4v) is 2.58. The summed E-state index contributed by atoms with van der Waals surface area (Å²) in [6.45, 7) is 11.5. The lowest BCUT2D eigenvalue weighted by molar-refractivity contribution is 0.0817. The van der Waals surface area contributed by atoms with E-state index < -0.39 is 0 Å². The van der Waals surface area contributed by atoms with E-state index in [1.165, 1.54) is 4.68 Å². The molecule has 0 aliphatic carbocycles. The molecule has 0 aliphatic rings. The summed E-state index contributed by atoms with van der Waals surface area (Å²) < 4.78 is 7.15. The third-order valence-electron chi connectivity index (χ3n) is 3.77. The summed E-state index contributed by atoms with van der Waals surface area (Å²) >= 11 is 0. The van der Waals surface area contributed by atoms with E-state index in [1.54, 1.807) is 0 Å². The number of rotatable bonds is 5. The monoisotopic (exact) mass is 298 g/mol. The van der Waals surface area contributed by atoms with Crippen LogP contribution in [0.25, 0.3) is 0 Å². The van der Waals surface area contributed by atoms with Gasteiger partial charge in [-0.3, -0.25) is 4.79 Å². The number of carbonyl (C=O) groups excluding carboxylic acids is 1. The Hall–Kier alpha value is -2.36. The standard InChI is InChI=1S/C18H22N2O2/c1-6-8-16-14(4)19-20(15(16)5)17(21)11-22-18-12(2)9-7-10-13(18)3/h6-7,9-10H,1,8,11H2,2-5H3. The van der Waals surface area contributed by atoms with Crippen molar-refractivity contribution in [2.75, 3.05) is 6.61 Å². The Labute approximate surface area is 131 Å². The third kappa shape index (κ3) is 3.11. The number of aryl methyl sites for hydroxylation is 3. The lowest BCUT2D eigenvalue weighted by Gasteiger charge is -2.11. The molecule has 0 spiro atoms. The van der Waals surface area contributed by atoms with Gasteiger partial charge in [0, 0.05) is 11.3 Å². The molecule has 0 bridgehead atoms. The zero-order valence-corrected chi connectivity index (χ0v) is 13.6. The molecule has 0 amide bonds. The second-order valence-electron chi connectivity index (χ2n) is 5.46. The Balaban J connectivity index is 2.17. The number of aromatic nitrogens is 2. The van der Waals surface area contributed by atoms with Crippen LogP contribution in [0.15, 0.2) is 30.9 Å². The molecule has 4 heteroatoms. The largest absolute Gasteiger partial charge is 0.483 e. The molecule has 1 aromatic carbocycles. The molecule has 2 rings (SSSR count). The fourth-order valence-electron chi connectivity index (χ4n) is 2.58. The van der Waals surface area contributed by atoms with Gasteiger partial charge in [0.05, 0.1) is 5.69 Å². The first-order chi connectivity index (χ1) is 10.5. The van der Waals surface area contributed by atoms with E-state index in [4.69, 9.17) is 4.74 Å². The first-order valence-corrected chi connectivity index (χ1v) is 7.34. The highest BCUT2D eigenvalue weighted by Crippen LogP contribution is 2.22. The number of benzene rings is 1. The molecular weight excluding hydrogens is 276 g/mol. The van der Waals surface area contributed by atoms with Gasteiger partial charge < -0.3 is 4.74 Å². The van der Waals surface area contributed by atoms with Gasteiger partial charge in [0.1, 0.15) is 5.75 Å². The van der Waals surface area contributed by atoms with Crippen LogP contribution in [0.1, 0.15) is 32.9 Å². The SMILES string of the molecule is C=CCc1c(C)nn(C(=O)COc2c(C)cccc2C)c1C. The van der Waals surface area contributed by atoms with E-state index in [2.05, 4.69) is 11.7 Å². The van der Waals surface area contributed by atoms with Gasteiger partial charge in [-0.1, -0.05) is 24.3 Å². The minimum atomic E-state index is -0.168. The van der Waals surface area contributed by atoms with Gasteiger partial charge in [0.15, 0.2) is 6.61 Å². The molecular formula is C18H22N2O2. The number of allylic oxidation sites excluding steroid dienone is 1. The Kier molecular flexibility index (Phi) is 4.81. The van der Waals surface area contributed by atoms with Gasteiger partial charge >= 0.3 is 0 Å².